The molecule has 0 saturated heterocycles. The van der Waals surface area contributed by atoms with Crippen LogP contribution in [0, 0.1) is 0 Å². The van der Waals surface area contributed by atoms with Gasteiger partial charge in [0.2, 0.25) is 0 Å². The monoisotopic (exact) mass is 336 g/mol. The minimum absolute atomic E-state index is 0.317. The summed E-state index contributed by atoms with van der Waals surface area (Å²) in [5.41, 5.74) is 1.99. The topological polar surface area (TPSA) is 52.1 Å². The summed E-state index contributed by atoms with van der Waals surface area (Å²) in [7, 11) is 0. The lowest BCUT2D eigenvalue weighted by molar-refractivity contribution is 0.0521. The van der Waals surface area contributed by atoms with Gasteiger partial charge < -0.3 is 4.74 Å². The molecular formula is C19H16N2O2S. The highest BCUT2D eigenvalue weighted by molar-refractivity contribution is 7.99. The highest BCUT2D eigenvalue weighted by Gasteiger charge is 2.17. The molecule has 5 heteroatoms. The lowest BCUT2D eigenvalue weighted by Gasteiger charge is -2.09. The fraction of sp³-hybridized carbons (Fsp3) is 0.105. The van der Waals surface area contributed by atoms with Gasteiger partial charge in [-0.05, 0) is 25.1 Å². The number of hydrogen-bond donors (Lipinski definition) is 0. The third-order valence-corrected chi connectivity index (χ3v) is 4.29. The Balaban J connectivity index is 2.00. The van der Waals surface area contributed by atoms with Crippen molar-refractivity contribution in [1.82, 2.24) is 10.2 Å². The SMILES string of the molecule is CCOC(=O)c1cc(-c2ccccc2)nnc1Sc1ccccc1. The Morgan fingerprint density at radius 1 is 1.00 bits per heavy atom. The molecule has 0 aliphatic carbocycles. The lowest BCUT2D eigenvalue weighted by Crippen LogP contribution is -2.09. The first-order valence-corrected chi connectivity index (χ1v) is 8.42. The number of rotatable bonds is 5. The quantitative estimate of drug-likeness (QED) is 0.643. The number of hydrogen-bond acceptors (Lipinski definition) is 5. The molecule has 0 radical (unpaired) electrons. The van der Waals surface area contributed by atoms with Gasteiger partial charge in [0, 0.05) is 10.5 Å². The third-order valence-electron chi connectivity index (χ3n) is 3.28. The molecule has 24 heavy (non-hydrogen) atoms. The summed E-state index contributed by atoms with van der Waals surface area (Å²) in [5.74, 6) is -0.386. The Labute approximate surface area is 144 Å². The van der Waals surface area contributed by atoms with Crippen molar-refractivity contribution in [3.05, 3.63) is 72.3 Å². The van der Waals surface area contributed by atoms with E-state index in [1.807, 2.05) is 60.7 Å². The number of carbonyl (C=O) groups excluding carboxylic acids is 1. The highest BCUT2D eigenvalue weighted by atomic mass is 32.2. The van der Waals surface area contributed by atoms with Crippen LogP contribution in [0.4, 0.5) is 0 Å². The van der Waals surface area contributed by atoms with Crippen molar-refractivity contribution in [1.29, 1.82) is 0 Å². The van der Waals surface area contributed by atoms with E-state index in [4.69, 9.17) is 4.74 Å². The minimum atomic E-state index is -0.386. The van der Waals surface area contributed by atoms with Crippen LogP contribution in [0.3, 0.4) is 0 Å². The molecule has 120 valence electrons. The summed E-state index contributed by atoms with van der Waals surface area (Å²) in [6.45, 7) is 2.10. The molecule has 0 saturated carbocycles. The minimum Gasteiger partial charge on any atom is -0.462 e. The standard InChI is InChI=1S/C19H16N2O2S/c1-2-23-19(22)16-13-17(14-9-5-3-6-10-14)20-21-18(16)24-15-11-7-4-8-12-15/h3-13H,2H2,1H3. The summed E-state index contributed by atoms with van der Waals surface area (Å²) < 4.78 is 5.18. The molecule has 0 fully saturated rings. The summed E-state index contributed by atoms with van der Waals surface area (Å²) in [5, 5.41) is 9.08. The molecule has 0 N–H and O–H groups in total. The number of aromatic nitrogens is 2. The summed E-state index contributed by atoms with van der Waals surface area (Å²) in [6, 6.07) is 21.2. The molecule has 1 aromatic heterocycles. The number of ether oxygens (including phenoxy) is 1. The van der Waals surface area contributed by atoms with E-state index in [2.05, 4.69) is 10.2 Å². The van der Waals surface area contributed by atoms with Crippen molar-refractivity contribution in [3.63, 3.8) is 0 Å². The van der Waals surface area contributed by atoms with Crippen molar-refractivity contribution >= 4 is 17.7 Å². The van der Waals surface area contributed by atoms with Crippen LogP contribution in [0.25, 0.3) is 11.3 Å². The van der Waals surface area contributed by atoms with Crippen LogP contribution < -0.4 is 0 Å². The van der Waals surface area contributed by atoms with Gasteiger partial charge in [0.05, 0.1) is 17.9 Å². The number of nitrogens with zero attached hydrogens (tertiary/aromatic N) is 2. The van der Waals surface area contributed by atoms with Crippen LogP contribution in [-0.4, -0.2) is 22.8 Å². The van der Waals surface area contributed by atoms with Crippen molar-refractivity contribution in [3.8, 4) is 11.3 Å². The molecule has 0 spiro atoms. The Morgan fingerprint density at radius 2 is 1.67 bits per heavy atom. The van der Waals surface area contributed by atoms with E-state index in [9.17, 15) is 4.79 Å². The first-order valence-electron chi connectivity index (χ1n) is 7.61. The number of esters is 1. The molecule has 0 aliphatic rings. The molecule has 2 aromatic carbocycles. The van der Waals surface area contributed by atoms with Gasteiger partial charge in [0.25, 0.3) is 0 Å². The molecule has 0 bridgehead atoms. The predicted octanol–water partition coefficient (Wildman–Crippen LogP) is 4.47. The van der Waals surface area contributed by atoms with Gasteiger partial charge in [0.1, 0.15) is 5.03 Å². The van der Waals surface area contributed by atoms with Gasteiger partial charge in [-0.3, -0.25) is 0 Å². The van der Waals surface area contributed by atoms with Crippen LogP contribution in [0.1, 0.15) is 17.3 Å². The highest BCUT2D eigenvalue weighted by Crippen LogP contribution is 2.30. The van der Waals surface area contributed by atoms with Gasteiger partial charge in [-0.25, -0.2) is 4.79 Å². The van der Waals surface area contributed by atoms with E-state index in [1.165, 1.54) is 11.8 Å². The van der Waals surface area contributed by atoms with Gasteiger partial charge in [-0.2, -0.15) is 0 Å². The van der Waals surface area contributed by atoms with Gasteiger partial charge in [-0.15, -0.1) is 10.2 Å². The fourth-order valence-electron chi connectivity index (χ4n) is 2.16. The second-order valence-electron chi connectivity index (χ2n) is 4.95. The predicted molar refractivity (Wildman–Crippen MR) is 94.0 cm³/mol. The maximum Gasteiger partial charge on any atom is 0.341 e. The maximum absolute atomic E-state index is 12.3. The average molecular weight is 336 g/mol. The summed E-state index contributed by atoms with van der Waals surface area (Å²) in [4.78, 5) is 13.3. The Kier molecular flexibility index (Phi) is 5.23. The van der Waals surface area contributed by atoms with Crippen LogP contribution in [0.2, 0.25) is 0 Å². The van der Waals surface area contributed by atoms with E-state index in [-0.39, 0.29) is 5.97 Å². The largest absolute Gasteiger partial charge is 0.462 e. The van der Waals surface area contributed by atoms with Crippen molar-refractivity contribution < 1.29 is 9.53 Å². The van der Waals surface area contributed by atoms with Gasteiger partial charge in [0.15, 0.2) is 0 Å². The first-order chi connectivity index (χ1) is 11.8. The number of benzene rings is 2. The van der Waals surface area contributed by atoms with Gasteiger partial charge in [-0.1, -0.05) is 60.3 Å². The lowest BCUT2D eigenvalue weighted by atomic mass is 10.1. The van der Waals surface area contributed by atoms with Crippen LogP contribution in [0.15, 0.2) is 76.7 Å². The molecule has 1 heterocycles. The van der Waals surface area contributed by atoms with Crippen molar-refractivity contribution in [2.24, 2.45) is 0 Å². The normalized spacial score (nSPS) is 10.4. The van der Waals surface area contributed by atoms with Crippen LogP contribution in [0.5, 0.6) is 0 Å². The molecule has 0 aliphatic heterocycles. The van der Waals surface area contributed by atoms with E-state index in [0.29, 0.717) is 22.9 Å². The van der Waals surface area contributed by atoms with E-state index in [0.717, 1.165) is 10.5 Å². The molecule has 0 unspecified atom stereocenters. The van der Waals surface area contributed by atoms with Crippen LogP contribution in [-0.2, 0) is 4.74 Å². The van der Waals surface area contributed by atoms with Crippen molar-refractivity contribution in [2.75, 3.05) is 6.61 Å². The molecule has 0 atom stereocenters. The Hall–Kier alpha value is -2.66. The first kappa shape index (κ1) is 16.2. The smallest absolute Gasteiger partial charge is 0.341 e. The molecular weight excluding hydrogens is 320 g/mol. The zero-order valence-corrected chi connectivity index (χ0v) is 14.0. The zero-order valence-electron chi connectivity index (χ0n) is 13.2. The maximum atomic E-state index is 12.3. The molecule has 3 aromatic rings. The van der Waals surface area contributed by atoms with E-state index >= 15 is 0 Å². The average Bonchev–Trinajstić information content (AvgIpc) is 2.64. The Morgan fingerprint density at radius 3 is 2.33 bits per heavy atom. The second-order valence-corrected chi connectivity index (χ2v) is 6.01. The second kappa shape index (κ2) is 7.75. The molecule has 4 nitrogen and oxygen atoms in total. The van der Waals surface area contributed by atoms with Gasteiger partial charge >= 0.3 is 5.97 Å². The number of carbonyl (C=O) groups is 1. The Bertz CT molecular complexity index is 823. The van der Waals surface area contributed by atoms with E-state index in [1.54, 1.807) is 13.0 Å². The molecule has 0 amide bonds. The fourth-order valence-corrected chi connectivity index (χ4v) is 3.01. The van der Waals surface area contributed by atoms with E-state index < -0.39 is 0 Å². The summed E-state index contributed by atoms with van der Waals surface area (Å²) >= 11 is 1.40. The zero-order chi connectivity index (χ0) is 16.8. The van der Waals surface area contributed by atoms with Crippen LogP contribution >= 0.6 is 11.8 Å². The molecule has 3 rings (SSSR count). The summed E-state index contributed by atoms with van der Waals surface area (Å²) in [6.07, 6.45) is 0. The van der Waals surface area contributed by atoms with Crippen molar-refractivity contribution in [2.45, 2.75) is 16.8 Å². The third kappa shape index (κ3) is 3.81.